The molecule has 1 aliphatic rings. The molecule has 3 rings (SSSR count). The van der Waals surface area contributed by atoms with Gasteiger partial charge in [0.2, 0.25) is 10.0 Å². The van der Waals surface area contributed by atoms with Crippen LogP contribution in [0, 0.1) is 16.3 Å². The minimum atomic E-state index is -3.52. The highest BCUT2D eigenvalue weighted by atomic mass is 127. The molecule has 0 aliphatic heterocycles. The summed E-state index contributed by atoms with van der Waals surface area (Å²) in [6.45, 7) is 1.57. The van der Waals surface area contributed by atoms with Crippen LogP contribution in [-0.4, -0.2) is 18.2 Å². The molecule has 2 N–H and O–H groups in total. The van der Waals surface area contributed by atoms with Crippen molar-refractivity contribution in [3.05, 3.63) is 49.7 Å². The summed E-state index contributed by atoms with van der Waals surface area (Å²) in [5.41, 5.74) is 0.666. The lowest BCUT2D eigenvalue weighted by atomic mass is 10.2. The standard InChI is InChI=1S/C16H17FIN3O3S/c1-9-15(19-13-6-3-10(18)7-12(13)17)14(8-21(2)16(9)22)20-25(23,24)11-4-5-11/h3,6-8,11,19-20H,4-5H2,1-2H3. The van der Waals surface area contributed by atoms with Gasteiger partial charge in [0.05, 0.1) is 22.3 Å². The van der Waals surface area contributed by atoms with Crippen LogP contribution in [0.2, 0.25) is 0 Å². The Bertz CT molecular complexity index is 1000. The number of benzene rings is 1. The number of anilines is 3. The Kier molecular flexibility index (Phi) is 4.80. The van der Waals surface area contributed by atoms with Crippen molar-refractivity contribution in [1.29, 1.82) is 0 Å². The number of hydrogen-bond donors (Lipinski definition) is 2. The van der Waals surface area contributed by atoms with E-state index in [4.69, 9.17) is 0 Å². The highest BCUT2D eigenvalue weighted by Gasteiger charge is 2.36. The number of rotatable bonds is 5. The van der Waals surface area contributed by atoms with E-state index >= 15 is 0 Å². The summed E-state index contributed by atoms with van der Waals surface area (Å²) in [4.78, 5) is 12.2. The summed E-state index contributed by atoms with van der Waals surface area (Å²) in [6, 6.07) is 4.62. The average Bonchev–Trinajstić information content (AvgIpc) is 3.36. The fourth-order valence-electron chi connectivity index (χ4n) is 2.47. The van der Waals surface area contributed by atoms with Gasteiger partial charge in [0.25, 0.3) is 5.56 Å². The summed E-state index contributed by atoms with van der Waals surface area (Å²) in [5.74, 6) is -0.483. The Morgan fingerprint density at radius 1 is 1.28 bits per heavy atom. The molecule has 25 heavy (non-hydrogen) atoms. The molecule has 2 aromatic rings. The molecule has 0 atom stereocenters. The van der Waals surface area contributed by atoms with Gasteiger partial charge in [-0.25, -0.2) is 12.8 Å². The Hall–Kier alpha value is -1.62. The first kappa shape index (κ1) is 18.2. The number of nitrogens with one attached hydrogen (secondary N) is 2. The average molecular weight is 477 g/mol. The molecule has 9 heteroatoms. The third-order valence-corrected chi connectivity index (χ3v) is 6.54. The fraction of sp³-hybridized carbons (Fsp3) is 0.312. The van der Waals surface area contributed by atoms with Crippen LogP contribution < -0.4 is 15.6 Å². The van der Waals surface area contributed by atoms with Crippen molar-refractivity contribution in [2.24, 2.45) is 7.05 Å². The second-order valence-corrected chi connectivity index (χ2v) is 9.26. The van der Waals surface area contributed by atoms with Gasteiger partial charge in [-0.15, -0.1) is 0 Å². The van der Waals surface area contributed by atoms with Crippen LogP contribution in [0.1, 0.15) is 18.4 Å². The molecule has 0 unspecified atom stereocenters. The number of aromatic nitrogens is 1. The third-order valence-electron chi connectivity index (χ3n) is 4.01. The lowest BCUT2D eigenvalue weighted by Gasteiger charge is -2.18. The molecule has 0 spiro atoms. The normalized spacial score (nSPS) is 14.4. The number of pyridine rings is 1. The van der Waals surface area contributed by atoms with Crippen LogP contribution in [0.5, 0.6) is 0 Å². The predicted octanol–water partition coefficient (Wildman–Crippen LogP) is 3.09. The van der Waals surface area contributed by atoms with E-state index in [2.05, 4.69) is 10.0 Å². The topological polar surface area (TPSA) is 80.2 Å². The first-order valence-electron chi connectivity index (χ1n) is 7.63. The number of halogens is 2. The molecular formula is C16H17FIN3O3S. The van der Waals surface area contributed by atoms with E-state index in [1.54, 1.807) is 26.1 Å². The highest BCUT2D eigenvalue weighted by molar-refractivity contribution is 14.1. The van der Waals surface area contributed by atoms with Gasteiger partial charge in [-0.3, -0.25) is 9.52 Å². The Balaban J connectivity index is 2.07. The van der Waals surface area contributed by atoms with E-state index in [1.807, 2.05) is 22.6 Å². The Labute approximate surface area is 158 Å². The molecule has 0 radical (unpaired) electrons. The fourth-order valence-corrected chi connectivity index (χ4v) is 4.31. The SMILES string of the molecule is Cc1c(Nc2ccc(I)cc2F)c(NS(=O)(=O)C2CC2)cn(C)c1=O. The van der Waals surface area contributed by atoms with Crippen LogP contribution >= 0.6 is 22.6 Å². The summed E-state index contributed by atoms with van der Waals surface area (Å²) >= 11 is 2.00. The lowest BCUT2D eigenvalue weighted by Crippen LogP contribution is -2.24. The van der Waals surface area contributed by atoms with Gasteiger partial charge >= 0.3 is 0 Å². The maximum absolute atomic E-state index is 14.2. The molecule has 0 bridgehead atoms. The van der Waals surface area contributed by atoms with E-state index in [0.29, 0.717) is 18.4 Å². The molecule has 1 aliphatic carbocycles. The first-order valence-corrected chi connectivity index (χ1v) is 10.3. The summed E-state index contributed by atoms with van der Waals surface area (Å²) < 4.78 is 43.3. The van der Waals surface area contributed by atoms with Crippen LogP contribution in [0.25, 0.3) is 0 Å². The minimum Gasteiger partial charge on any atom is -0.351 e. The van der Waals surface area contributed by atoms with Crippen molar-refractivity contribution >= 4 is 49.7 Å². The summed E-state index contributed by atoms with van der Waals surface area (Å²) in [7, 11) is -1.98. The van der Waals surface area contributed by atoms with Crippen LogP contribution in [0.3, 0.4) is 0 Å². The highest BCUT2D eigenvalue weighted by Crippen LogP contribution is 2.34. The second-order valence-electron chi connectivity index (χ2n) is 6.05. The zero-order valence-corrected chi connectivity index (χ0v) is 16.6. The van der Waals surface area contributed by atoms with Crippen molar-refractivity contribution in [2.75, 3.05) is 10.0 Å². The maximum atomic E-state index is 14.2. The van der Waals surface area contributed by atoms with Gasteiger partial charge in [0.15, 0.2) is 0 Å². The molecule has 1 saturated carbocycles. The smallest absolute Gasteiger partial charge is 0.255 e. The van der Waals surface area contributed by atoms with E-state index in [9.17, 15) is 17.6 Å². The molecule has 1 aromatic carbocycles. The van der Waals surface area contributed by atoms with Gasteiger partial charge in [0.1, 0.15) is 5.82 Å². The van der Waals surface area contributed by atoms with Gasteiger partial charge in [0, 0.05) is 22.4 Å². The Morgan fingerprint density at radius 3 is 2.56 bits per heavy atom. The quantitative estimate of drug-likeness (QED) is 0.649. The van der Waals surface area contributed by atoms with Gasteiger partial charge in [-0.1, -0.05) is 0 Å². The summed E-state index contributed by atoms with van der Waals surface area (Å²) in [6.07, 6.45) is 2.64. The second kappa shape index (κ2) is 6.60. The number of hydrogen-bond acceptors (Lipinski definition) is 4. The van der Waals surface area contributed by atoms with Gasteiger partial charge in [-0.05, 0) is 60.6 Å². The van der Waals surface area contributed by atoms with Gasteiger partial charge < -0.3 is 9.88 Å². The molecular weight excluding hydrogens is 460 g/mol. The van der Waals surface area contributed by atoms with Crippen molar-refractivity contribution in [1.82, 2.24) is 4.57 Å². The summed E-state index contributed by atoms with van der Waals surface area (Å²) in [5, 5.41) is 2.46. The van der Waals surface area contributed by atoms with E-state index in [1.165, 1.54) is 16.8 Å². The largest absolute Gasteiger partial charge is 0.351 e. The van der Waals surface area contributed by atoms with E-state index in [0.717, 1.165) is 3.57 Å². The maximum Gasteiger partial charge on any atom is 0.255 e. The number of sulfonamides is 1. The molecule has 1 heterocycles. The van der Waals surface area contributed by atoms with Crippen LogP contribution in [-0.2, 0) is 17.1 Å². The van der Waals surface area contributed by atoms with Crippen molar-refractivity contribution in [3.63, 3.8) is 0 Å². The zero-order valence-electron chi connectivity index (χ0n) is 13.6. The lowest BCUT2D eigenvalue weighted by molar-refractivity contribution is 0.600. The van der Waals surface area contributed by atoms with Crippen LogP contribution in [0.4, 0.5) is 21.5 Å². The zero-order chi connectivity index (χ0) is 18.4. The molecule has 6 nitrogen and oxygen atoms in total. The first-order chi connectivity index (χ1) is 11.7. The third kappa shape index (κ3) is 3.81. The van der Waals surface area contributed by atoms with E-state index in [-0.39, 0.29) is 22.6 Å². The number of nitrogens with zero attached hydrogens (tertiary/aromatic N) is 1. The monoisotopic (exact) mass is 477 g/mol. The molecule has 134 valence electrons. The van der Waals surface area contributed by atoms with E-state index < -0.39 is 21.1 Å². The molecule has 0 amide bonds. The molecule has 0 saturated heterocycles. The van der Waals surface area contributed by atoms with Gasteiger partial charge in [-0.2, -0.15) is 0 Å². The van der Waals surface area contributed by atoms with Crippen molar-refractivity contribution in [2.45, 2.75) is 25.0 Å². The molecule has 1 fully saturated rings. The van der Waals surface area contributed by atoms with Crippen LogP contribution in [0.15, 0.2) is 29.2 Å². The van der Waals surface area contributed by atoms with Crippen molar-refractivity contribution in [3.8, 4) is 0 Å². The molecule has 1 aromatic heterocycles. The predicted molar refractivity (Wildman–Crippen MR) is 104 cm³/mol. The number of aryl methyl sites for hydroxylation is 1. The Morgan fingerprint density at radius 2 is 1.96 bits per heavy atom. The van der Waals surface area contributed by atoms with Crippen molar-refractivity contribution < 1.29 is 12.8 Å². The minimum absolute atomic E-state index is 0.170.